The standard InChI is InChI=1S/C28H30Cl2N2O3/c1-2-3-16-31-28(34)26(17-21-10-5-4-6-11-21)32(19-22-12-7-8-15-25(22)30)27(33)20-35-24-14-9-13-23(29)18-24/h4-15,18,26H,2-3,16-17,19-20H2,1H3,(H,31,34). The highest BCUT2D eigenvalue weighted by Crippen LogP contribution is 2.22. The largest absolute Gasteiger partial charge is 0.484 e. The van der Waals surface area contributed by atoms with Crippen LogP contribution in [0, 0.1) is 0 Å². The highest BCUT2D eigenvalue weighted by Gasteiger charge is 2.31. The number of nitrogens with one attached hydrogen (secondary N) is 1. The predicted octanol–water partition coefficient (Wildman–Crippen LogP) is 5.93. The monoisotopic (exact) mass is 512 g/mol. The zero-order valence-electron chi connectivity index (χ0n) is 19.8. The van der Waals surface area contributed by atoms with Gasteiger partial charge >= 0.3 is 0 Å². The van der Waals surface area contributed by atoms with E-state index in [-0.39, 0.29) is 25.0 Å². The van der Waals surface area contributed by atoms with Gasteiger partial charge in [-0.15, -0.1) is 0 Å². The van der Waals surface area contributed by atoms with Gasteiger partial charge in [0, 0.05) is 29.6 Å². The third-order valence-electron chi connectivity index (χ3n) is 5.56. The molecule has 0 fully saturated rings. The zero-order valence-corrected chi connectivity index (χ0v) is 21.3. The van der Waals surface area contributed by atoms with Gasteiger partial charge in [-0.3, -0.25) is 9.59 Å². The van der Waals surface area contributed by atoms with Crippen molar-refractivity contribution in [3.05, 3.63) is 100 Å². The summed E-state index contributed by atoms with van der Waals surface area (Å²) in [5.41, 5.74) is 1.71. The molecule has 0 aliphatic heterocycles. The smallest absolute Gasteiger partial charge is 0.261 e. The summed E-state index contributed by atoms with van der Waals surface area (Å²) in [6, 6.07) is 23.1. The van der Waals surface area contributed by atoms with E-state index in [0.29, 0.717) is 28.8 Å². The molecule has 3 aromatic carbocycles. The first-order chi connectivity index (χ1) is 17.0. The summed E-state index contributed by atoms with van der Waals surface area (Å²) < 4.78 is 5.74. The van der Waals surface area contributed by atoms with Crippen molar-refractivity contribution in [3.63, 3.8) is 0 Å². The van der Waals surface area contributed by atoms with Crippen LogP contribution >= 0.6 is 23.2 Å². The average molecular weight is 513 g/mol. The van der Waals surface area contributed by atoms with E-state index in [4.69, 9.17) is 27.9 Å². The lowest BCUT2D eigenvalue weighted by atomic mass is 10.0. The number of unbranched alkanes of at least 4 members (excludes halogenated alkanes) is 1. The number of nitrogens with zero attached hydrogens (tertiary/aromatic N) is 1. The molecule has 0 radical (unpaired) electrons. The van der Waals surface area contributed by atoms with Gasteiger partial charge in [-0.2, -0.15) is 0 Å². The molecule has 2 amide bonds. The molecule has 35 heavy (non-hydrogen) atoms. The minimum Gasteiger partial charge on any atom is -0.484 e. The molecule has 0 bridgehead atoms. The van der Waals surface area contributed by atoms with E-state index in [1.165, 1.54) is 0 Å². The van der Waals surface area contributed by atoms with E-state index >= 15 is 0 Å². The maximum absolute atomic E-state index is 13.5. The van der Waals surface area contributed by atoms with Crippen molar-refractivity contribution in [1.29, 1.82) is 0 Å². The molecular formula is C28H30Cl2N2O3. The van der Waals surface area contributed by atoms with Gasteiger partial charge in [-0.05, 0) is 41.8 Å². The molecule has 1 N–H and O–H groups in total. The topological polar surface area (TPSA) is 58.6 Å². The van der Waals surface area contributed by atoms with Crippen LogP contribution < -0.4 is 10.1 Å². The molecule has 5 nitrogen and oxygen atoms in total. The van der Waals surface area contributed by atoms with Crippen LogP contribution in [-0.2, 0) is 22.6 Å². The molecule has 184 valence electrons. The summed E-state index contributed by atoms with van der Waals surface area (Å²) >= 11 is 12.5. The molecule has 0 saturated heterocycles. The number of benzene rings is 3. The summed E-state index contributed by atoms with van der Waals surface area (Å²) in [5.74, 6) is -0.0440. The third kappa shape index (κ3) is 8.30. The third-order valence-corrected chi connectivity index (χ3v) is 6.16. The van der Waals surface area contributed by atoms with Crippen LogP contribution in [0.25, 0.3) is 0 Å². The van der Waals surface area contributed by atoms with Gasteiger partial charge in [0.25, 0.3) is 5.91 Å². The van der Waals surface area contributed by atoms with Gasteiger partial charge in [-0.1, -0.05) is 91.1 Å². The lowest BCUT2D eigenvalue weighted by molar-refractivity contribution is -0.142. The minimum atomic E-state index is -0.735. The fourth-order valence-electron chi connectivity index (χ4n) is 3.66. The zero-order chi connectivity index (χ0) is 25.0. The van der Waals surface area contributed by atoms with Crippen molar-refractivity contribution in [2.24, 2.45) is 0 Å². The van der Waals surface area contributed by atoms with Crippen LogP contribution in [0.5, 0.6) is 5.75 Å². The van der Waals surface area contributed by atoms with E-state index < -0.39 is 6.04 Å². The van der Waals surface area contributed by atoms with Crippen LogP contribution in [0.15, 0.2) is 78.9 Å². The number of hydrogen-bond acceptors (Lipinski definition) is 3. The van der Waals surface area contributed by atoms with Crippen LogP contribution in [0.1, 0.15) is 30.9 Å². The Morgan fingerprint density at radius 3 is 2.43 bits per heavy atom. The number of halogens is 2. The molecule has 0 spiro atoms. The summed E-state index contributed by atoms with van der Waals surface area (Å²) in [6.07, 6.45) is 2.19. The van der Waals surface area contributed by atoms with Crippen molar-refractivity contribution in [2.75, 3.05) is 13.2 Å². The summed E-state index contributed by atoms with van der Waals surface area (Å²) in [6.45, 7) is 2.55. The van der Waals surface area contributed by atoms with Gasteiger partial charge in [0.15, 0.2) is 6.61 Å². The second-order valence-corrected chi connectivity index (χ2v) is 9.05. The molecule has 0 aromatic heterocycles. The van der Waals surface area contributed by atoms with E-state index in [1.54, 1.807) is 35.2 Å². The van der Waals surface area contributed by atoms with E-state index in [9.17, 15) is 9.59 Å². The Bertz CT molecular complexity index is 1110. The lowest BCUT2D eigenvalue weighted by Crippen LogP contribution is -2.51. The fourth-order valence-corrected chi connectivity index (χ4v) is 4.03. The first-order valence-corrected chi connectivity index (χ1v) is 12.5. The molecule has 1 atom stereocenters. The number of hydrogen-bond donors (Lipinski definition) is 1. The first kappa shape index (κ1) is 26.6. The average Bonchev–Trinajstić information content (AvgIpc) is 2.86. The quantitative estimate of drug-likeness (QED) is 0.306. The molecule has 0 aliphatic carbocycles. The second-order valence-electron chi connectivity index (χ2n) is 8.21. The Morgan fingerprint density at radius 2 is 1.71 bits per heavy atom. The summed E-state index contributed by atoms with van der Waals surface area (Å²) in [4.78, 5) is 28.4. The molecule has 0 heterocycles. The van der Waals surface area contributed by atoms with E-state index in [1.807, 2.05) is 48.5 Å². The molecule has 0 aliphatic rings. The van der Waals surface area contributed by atoms with Gasteiger partial charge < -0.3 is 15.0 Å². The van der Waals surface area contributed by atoms with E-state index in [0.717, 1.165) is 24.0 Å². The molecular weight excluding hydrogens is 483 g/mol. The van der Waals surface area contributed by atoms with Gasteiger partial charge in [-0.25, -0.2) is 0 Å². The predicted molar refractivity (Wildman–Crippen MR) is 141 cm³/mol. The van der Waals surface area contributed by atoms with Crippen LogP contribution in [0.4, 0.5) is 0 Å². The number of amides is 2. The van der Waals surface area contributed by atoms with Gasteiger partial charge in [0.2, 0.25) is 5.91 Å². The van der Waals surface area contributed by atoms with Crippen molar-refractivity contribution in [1.82, 2.24) is 10.2 Å². The number of carbonyl (C=O) groups is 2. The molecule has 3 aromatic rings. The second kappa shape index (κ2) is 13.8. The van der Waals surface area contributed by atoms with E-state index in [2.05, 4.69) is 12.2 Å². The number of ether oxygens (including phenoxy) is 1. The van der Waals surface area contributed by atoms with Crippen molar-refractivity contribution in [3.8, 4) is 5.75 Å². The van der Waals surface area contributed by atoms with Crippen molar-refractivity contribution >= 4 is 35.0 Å². The van der Waals surface area contributed by atoms with Crippen molar-refractivity contribution < 1.29 is 14.3 Å². The van der Waals surface area contributed by atoms with Crippen LogP contribution in [0.3, 0.4) is 0 Å². The normalized spacial score (nSPS) is 11.5. The van der Waals surface area contributed by atoms with Crippen LogP contribution in [-0.4, -0.2) is 35.9 Å². The molecule has 1 unspecified atom stereocenters. The molecule has 7 heteroatoms. The molecule has 0 saturated carbocycles. The Labute approximate surface area is 217 Å². The van der Waals surface area contributed by atoms with Crippen molar-refractivity contribution in [2.45, 2.75) is 38.8 Å². The van der Waals surface area contributed by atoms with Crippen LogP contribution in [0.2, 0.25) is 10.0 Å². The first-order valence-electron chi connectivity index (χ1n) is 11.7. The number of carbonyl (C=O) groups excluding carboxylic acids is 2. The Balaban J connectivity index is 1.89. The number of rotatable bonds is 12. The maximum Gasteiger partial charge on any atom is 0.261 e. The summed E-state index contributed by atoms with van der Waals surface area (Å²) in [7, 11) is 0. The lowest BCUT2D eigenvalue weighted by Gasteiger charge is -2.31. The highest BCUT2D eigenvalue weighted by molar-refractivity contribution is 6.31. The van der Waals surface area contributed by atoms with Gasteiger partial charge in [0.05, 0.1) is 0 Å². The fraction of sp³-hybridized carbons (Fsp3) is 0.286. The maximum atomic E-state index is 13.5. The Kier molecular flexibility index (Phi) is 10.5. The minimum absolute atomic E-state index is 0.177. The SMILES string of the molecule is CCCCNC(=O)C(Cc1ccccc1)N(Cc1ccccc1Cl)C(=O)COc1cccc(Cl)c1. The Morgan fingerprint density at radius 1 is 0.971 bits per heavy atom. The van der Waals surface area contributed by atoms with Gasteiger partial charge in [0.1, 0.15) is 11.8 Å². The highest BCUT2D eigenvalue weighted by atomic mass is 35.5. The molecule has 3 rings (SSSR count). The summed E-state index contributed by atoms with van der Waals surface area (Å²) in [5, 5.41) is 4.04. The Hall–Kier alpha value is -3.02.